The number of rotatable bonds is 5. The van der Waals surface area contributed by atoms with Crippen LogP contribution in [0.15, 0.2) is 0 Å². The van der Waals surface area contributed by atoms with Crippen molar-refractivity contribution in [2.45, 2.75) is 78.5 Å². The molecule has 1 N–H and O–H groups in total. The van der Waals surface area contributed by atoms with E-state index in [0.717, 1.165) is 12.5 Å². The highest BCUT2D eigenvalue weighted by Gasteiger charge is 2.35. The predicted molar refractivity (Wildman–Crippen MR) is 82.9 cm³/mol. The molecule has 4 heteroatoms. The molecule has 1 amide bonds. The third-order valence-electron chi connectivity index (χ3n) is 3.61. The van der Waals surface area contributed by atoms with Crippen molar-refractivity contribution in [1.29, 1.82) is 0 Å². The topological polar surface area (TPSA) is 41.6 Å². The molecule has 0 aromatic rings. The lowest BCUT2D eigenvalue weighted by Gasteiger charge is -2.37. The molecule has 2 unspecified atom stereocenters. The summed E-state index contributed by atoms with van der Waals surface area (Å²) in [6.45, 7) is 15.6. The average Bonchev–Trinajstić information content (AvgIpc) is 2.98. The number of carbonyl (C=O) groups excluding carboxylic acids is 1. The molecular formula is C16H32N2O2. The van der Waals surface area contributed by atoms with Crippen LogP contribution in [-0.4, -0.2) is 41.3 Å². The summed E-state index contributed by atoms with van der Waals surface area (Å²) >= 11 is 0. The van der Waals surface area contributed by atoms with Gasteiger partial charge in [-0.1, -0.05) is 13.3 Å². The van der Waals surface area contributed by atoms with Gasteiger partial charge in [-0.05, 0) is 53.9 Å². The molecule has 0 aromatic carbocycles. The molecule has 1 aliphatic carbocycles. The molecule has 1 fully saturated rings. The van der Waals surface area contributed by atoms with Crippen LogP contribution in [0.2, 0.25) is 0 Å². The molecule has 0 radical (unpaired) electrons. The fourth-order valence-corrected chi connectivity index (χ4v) is 2.33. The zero-order chi connectivity index (χ0) is 15.6. The third-order valence-corrected chi connectivity index (χ3v) is 3.61. The zero-order valence-corrected chi connectivity index (χ0v) is 14.2. The van der Waals surface area contributed by atoms with Gasteiger partial charge in [-0.2, -0.15) is 0 Å². The Bertz CT molecular complexity index is 328. The normalized spacial score (nSPS) is 22.6. The van der Waals surface area contributed by atoms with Gasteiger partial charge >= 0.3 is 6.09 Å². The molecule has 1 aliphatic rings. The lowest BCUT2D eigenvalue weighted by Crippen LogP contribution is -2.50. The van der Waals surface area contributed by atoms with Gasteiger partial charge in [0.2, 0.25) is 0 Å². The molecule has 2 atom stereocenters. The predicted octanol–water partition coefficient (Wildman–Crippen LogP) is 3.41. The number of hydrogen-bond acceptors (Lipinski definition) is 3. The molecule has 20 heavy (non-hydrogen) atoms. The van der Waals surface area contributed by atoms with Crippen LogP contribution < -0.4 is 5.32 Å². The van der Waals surface area contributed by atoms with Crippen molar-refractivity contribution < 1.29 is 9.53 Å². The highest BCUT2D eigenvalue weighted by atomic mass is 16.6. The number of amides is 1. The van der Waals surface area contributed by atoms with Crippen molar-refractivity contribution in [1.82, 2.24) is 10.2 Å². The van der Waals surface area contributed by atoms with Gasteiger partial charge in [-0.25, -0.2) is 4.79 Å². The van der Waals surface area contributed by atoms with Gasteiger partial charge in [0.1, 0.15) is 5.60 Å². The molecule has 0 aromatic heterocycles. The Morgan fingerprint density at radius 3 is 2.25 bits per heavy atom. The fourth-order valence-electron chi connectivity index (χ4n) is 2.33. The van der Waals surface area contributed by atoms with Gasteiger partial charge in [0.05, 0.1) is 0 Å². The van der Waals surface area contributed by atoms with Crippen LogP contribution in [0.1, 0.15) is 61.3 Å². The van der Waals surface area contributed by atoms with E-state index >= 15 is 0 Å². The highest BCUT2D eigenvalue weighted by molar-refractivity contribution is 5.69. The summed E-state index contributed by atoms with van der Waals surface area (Å²) in [6.07, 6.45) is 2.29. The Morgan fingerprint density at radius 1 is 1.25 bits per heavy atom. The van der Waals surface area contributed by atoms with Crippen LogP contribution in [0, 0.1) is 5.92 Å². The smallest absolute Gasteiger partial charge is 0.410 e. The maximum Gasteiger partial charge on any atom is 0.410 e. The van der Waals surface area contributed by atoms with Crippen molar-refractivity contribution in [2.24, 2.45) is 5.92 Å². The maximum atomic E-state index is 12.3. The highest BCUT2D eigenvalue weighted by Crippen LogP contribution is 2.32. The first-order chi connectivity index (χ1) is 9.04. The lowest BCUT2D eigenvalue weighted by atomic mass is 10.1. The van der Waals surface area contributed by atoms with Crippen LogP contribution in [0.4, 0.5) is 4.79 Å². The van der Waals surface area contributed by atoms with Crippen LogP contribution in [0.25, 0.3) is 0 Å². The fraction of sp³-hybridized carbons (Fsp3) is 0.938. The summed E-state index contributed by atoms with van der Waals surface area (Å²) in [5.41, 5.74) is -0.671. The van der Waals surface area contributed by atoms with Gasteiger partial charge in [-0.3, -0.25) is 0 Å². The van der Waals surface area contributed by atoms with E-state index in [1.54, 1.807) is 0 Å². The quantitative estimate of drug-likeness (QED) is 0.841. The summed E-state index contributed by atoms with van der Waals surface area (Å²) in [7, 11) is 0. The van der Waals surface area contributed by atoms with Gasteiger partial charge in [-0.15, -0.1) is 0 Å². The zero-order valence-electron chi connectivity index (χ0n) is 14.2. The number of ether oxygens (including phenoxy) is 1. The van der Waals surface area contributed by atoms with Gasteiger partial charge in [0, 0.05) is 24.7 Å². The van der Waals surface area contributed by atoms with E-state index in [2.05, 4.69) is 12.2 Å². The molecule has 1 saturated carbocycles. The molecule has 4 nitrogen and oxygen atoms in total. The molecule has 0 aliphatic heterocycles. The first-order valence-corrected chi connectivity index (χ1v) is 7.78. The lowest BCUT2D eigenvalue weighted by molar-refractivity contribution is 0.00660. The molecule has 1 rings (SSSR count). The summed E-state index contributed by atoms with van der Waals surface area (Å²) in [5.74, 6) is 0.833. The van der Waals surface area contributed by atoms with Crippen molar-refractivity contribution in [3.8, 4) is 0 Å². The molecule has 0 bridgehead atoms. The van der Waals surface area contributed by atoms with Crippen LogP contribution in [0.5, 0.6) is 0 Å². The molecule has 118 valence electrons. The van der Waals surface area contributed by atoms with Crippen molar-refractivity contribution >= 4 is 6.09 Å². The Balaban J connectivity index is 2.46. The van der Waals surface area contributed by atoms with Crippen LogP contribution in [0.3, 0.4) is 0 Å². The van der Waals surface area contributed by atoms with Crippen molar-refractivity contribution in [2.75, 3.05) is 13.1 Å². The molecule has 0 heterocycles. The first kappa shape index (κ1) is 17.3. The number of nitrogens with zero attached hydrogens (tertiary/aromatic N) is 1. The van der Waals surface area contributed by atoms with E-state index < -0.39 is 5.60 Å². The first-order valence-electron chi connectivity index (χ1n) is 7.78. The Morgan fingerprint density at radius 2 is 1.85 bits per heavy atom. The molecule has 0 saturated heterocycles. The molecule has 0 spiro atoms. The second-order valence-electron chi connectivity index (χ2n) is 7.77. The SMILES string of the molecule is CCC1CC1NCCN(C(=O)OC(C)(C)C)C(C)(C)C. The second-order valence-corrected chi connectivity index (χ2v) is 7.77. The van der Waals surface area contributed by atoms with E-state index in [1.165, 1.54) is 12.8 Å². The average molecular weight is 284 g/mol. The summed E-state index contributed by atoms with van der Waals surface area (Å²) in [5, 5.41) is 3.53. The Hall–Kier alpha value is -0.770. The number of nitrogens with one attached hydrogen (secondary N) is 1. The van der Waals surface area contributed by atoms with E-state index in [9.17, 15) is 4.79 Å². The van der Waals surface area contributed by atoms with Gasteiger partial charge in [0.25, 0.3) is 0 Å². The van der Waals surface area contributed by atoms with E-state index in [4.69, 9.17) is 4.74 Å². The van der Waals surface area contributed by atoms with Crippen LogP contribution >= 0.6 is 0 Å². The van der Waals surface area contributed by atoms with Gasteiger partial charge in [0.15, 0.2) is 0 Å². The molecular weight excluding hydrogens is 252 g/mol. The third kappa shape index (κ3) is 5.70. The van der Waals surface area contributed by atoms with Crippen molar-refractivity contribution in [3.05, 3.63) is 0 Å². The Labute approximate surface area is 124 Å². The monoisotopic (exact) mass is 284 g/mol. The summed E-state index contributed by atoms with van der Waals surface area (Å²) < 4.78 is 5.50. The second kappa shape index (κ2) is 6.33. The number of carbonyl (C=O) groups is 1. The van der Waals surface area contributed by atoms with Crippen LogP contribution in [-0.2, 0) is 4.74 Å². The minimum Gasteiger partial charge on any atom is -0.444 e. The minimum atomic E-state index is -0.447. The van der Waals surface area contributed by atoms with E-state index in [-0.39, 0.29) is 11.6 Å². The maximum absolute atomic E-state index is 12.3. The number of hydrogen-bond donors (Lipinski definition) is 1. The van der Waals surface area contributed by atoms with E-state index in [1.807, 2.05) is 46.4 Å². The van der Waals surface area contributed by atoms with Gasteiger partial charge < -0.3 is 15.0 Å². The summed E-state index contributed by atoms with van der Waals surface area (Å²) in [6, 6.07) is 0.653. The summed E-state index contributed by atoms with van der Waals surface area (Å²) in [4.78, 5) is 14.1. The van der Waals surface area contributed by atoms with E-state index in [0.29, 0.717) is 12.6 Å². The minimum absolute atomic E-state index is 0.224. The van der Waals surface area contributed by atoms with Crippen molar-refractivity contribution in [3.63, 3.8) is 0 Å². The standard InChI is InChI=1S/C16H32N2O2/c1-8-12-11-13(12)17-9-10-18(15(2,3)4)14(19)20-16(5,6)7/h12-13,17H,8-11H2,1-7H3. The Kier molecular flexibility index (Phi) is 5.47. The largest absolute Gasteiger partial charge is 0.444 e.